The minimum Gasteiger partial charge on any atom is -0.480 e. The summed E-state index contributed by atoms with van der Waals surface area (Å²) < 4.78 is 26.1. The zero-order valence-corrected chi connectivity index (χ0v) is 16.5. The van der Waals surface area contributed by atoms with Crippen molar-refractivity contribution in [2.24, 2.45) is 0 Å². The van der Waals surface area contributed by atoms with E-state index >= 15 is 0 Å². The highest BCUT2D eigenvalue weighted by Crippen LogP contribution is 2.38. The second kappa shape index (κ2) is 7.57. The van der Waals surface area contributed by atoms with Crippen molar-refractivity contribution in [2.45, 2.75) is 22.6 Å². The molecule has 0 aliphatic carbocycles. The Morgan fingerprint density at radius 2 is 1.89 bits per heavy atom. The molecule has 0 unspecified atom stereocenters. The molecule has 1 saturated heterocycles. The van der Waals surface area contributed by atoms with Crippen molar-refractivity contribution in [1.29, 1.82) is 0 Å². The van der Waals surface area contributed by atoms with Gasteiger partial charge in [-0.1, -0.05) is 35.3 Å². The molecule has 1 aliphatic heterocycles. The molecule has 1 fully saturated rings. The van der Waals surface area contributed by atoms with Gasteiger partial charge in [0.2, 0.25) is 0 Å². The number of sulfone groups is 1. The Labute approximate surface area is 170 Å². The topological polar surface area (TPSA) is 118 Å². The summed E-state index contributed by atoms with van der Waals surface area (Å²) in [6.07, 6.45) is -0.233. The predicted molar refractivity (Wildman–Crippen MR) is 104 cm³/mol. The second-order valence-corrected chi connectivity index (χ2v) is 9.27. The van der Waals surface area contributed by atoms with Crippen molar-refractivity contribution in [2.75, 3.05) is 11.4 Å². The van der Waals surface area contributed by atoms with E-state index in [0.717, 1.165) is 0 Å². The molecule has 0 bridgehead atoms. The van der Waals surface area contributed by atoms with E-state index in [0.29, 0.717) is 0 Å². The first-order valence-corrected chi connectivity index (χ1v) is 10.3. The summed E-state index contributed by atoms with van der Waals surface area (Å²) in [5.74, 6) is -1.27. The first-order valence-electron chi connectivity index (χ1n) is 8.04. The summed E-state index contributed by atoms with van der Waals surface area (Å²) in [7, 11) is -3.99. The van der Waals surface area contributed by atoms with Gasteiger partial charge < -0.3 is 10.0 Å². The molecule has 1 aliphatic rings. The number of nitrogens with zero attached hydrogens (tertiary/aromatic N) is 2. The molecule has 3 rings (SSSR count). The third-order valence-corrected chi connectivity index (χ3v) is 7.42. The van der Waals surface area contributed by atoms with Crippen LogP contribution in [0.2, 0.25) is 10.0 Å². The molecule has 8 nitrogen and oxygen atoms in total. The van der Waals surface area contributed by atoms with Crippen LogP contribution in [-0.4, -0.2) is 42.3 Å². The number of benzene rings is 2. The lowest BCUT2D eigenvalue weighted by Crippen LogP contribution is -2.36. The lowest BCUT2D eigenvalue weighted by molar-refractivity contribution is -0.384. The highest BCUT2D eigenvalue weighted by molar-refractivity contribution is 7.92. The van der Waals surface area contributed by atoms with Crippen LogP contribution in [0, 0.1) is 10.1 Å². The molecule has 1 heterocycles. The summed E-state index contributed by atoms with van der Waals surface area (Å²) in [5.41, 5.74) is -0.240. The van der Waals surface area contributed by atoms with Gasteiger partial charge >= 0.3 is 5.97 Å². The van der Waals surface area contributed by atoms with E-state index in [1.54, 1.807) is 0 Å². The third-order valence-electron chi connectivity index (χ3n) is 4.57. The van der Waals surface area contributed by atoms with Gasteiger partial charge in [0.05, 0.1) is 20.1 Å². The number of anilines is 1. The molecule has 2 atom stereocenters. The van der Waals surface area contributed by atoms with Gasteiger partial charge in [-0.3, -0.25) is 10.1 Å². The average Bonchev–Trinajstić information content (AvgIpc) is 3.07. The van der Waals surface area contributed by atoms with Crippen molar-refractivity contribution < 1.29 is 23.2 Å². The van der Waals surface area contributed by atoms with Gasteiger partial charge in [0.15, 0.2) is 9.84 Å². The van der Waals surface area contributed by atoms with Gasteiger partial charge in [-0.05, 0) is 30.7 Å². The summed E-state index contributed by atoms with van der Waals surface area (Å²) in [6.45, 7) is -0.219. The molecule has 1 N–H and O–H groups in total. The second-order valence-electron chi connectivity index (χ2n) is 6.23. The molecule has 0 aromatic heterocycles. The molecule has 0 radical (unpaired) electrons. The first-order chi connectivity index (χ1) is 13.1. The standard InChI is InChI=1S/C17H14Cl2N2O6S/c18-10-5-6-16(12(19)7-10)28(26,27)11-8-15(17(22)23)20(9-11)13-3-1-2-4-14(13)21(24)25/h1-7,11,15H,8-9H2,(H,22,23)/t11-,15+/m1/s1. The normalized spacial score (nSPS) is 19.6. The lowest BCUT2D eigenvalue weighted by atomic mass is 10.2. The summed E-state index contributed by atoms with van der Waals surface area (Å²) in [5, 5.41) is 20.0. The molecule has 0 saturated carbocycles. The van der Waals surface area contributed by atoms with Gasteiger partial charge in [0, 0.05) is 17.6 Å². The number of aliphatic carboxylic acids is 1. The van der Waals surface area contributed by atoms with Crippen molar-refractivity contribution in [3.63, 3.8) is 0 Å². The third kappa shape index (κ3) is 3.65. The highest BCUT2D eigenvalue weighted by Gasteiger charge is 2.45. The molecular weight excluding hydrogens is 431 g/mol. The fourth-order valence-corrected chi connectivity index (χ4v) is 5.74. The van der Waals surface area contributed by atoms with E-state index < -0.39 is 32.0 Å². The van der Waals surface area contributed by atoms with E-state index in [2.05, 4.69) is 0 Å². The Hall–Kier alpha value is -2.36. The average molecular weight is 445 g/mol. The van der Waals surface area contributed by atoms with E-state index in [-0.39, 0.29) is 39.3 Å². The van der Waals surface area contributed by atoms with Crippen LogP contribution in [0.1, 0.15) is 6.42 Å². The highest BCUT2D eigenvalue weighted by atomic mass is 35.5. The molecule has 0 amide bonds. The maximum Gasteiger partial charge on any atom is 0.326 e. The van der Waals surface area contributed by atoms with Crippen molar-refractivity contribution in [3.05, 3.63) is 62.6 Å². The number of carboxylic acid groups (broad SMARTS) is 1. The van der Waals surface area contributed by atoms with Crippen LogP contribution in [0.15, 0.2) is 47.4 Å². The Kier molecular flexibility index (Phi) is 5.51. The van der Waals surface area contributed by atoms with Gasteiger partial charge in [0.1, 0.15) is 11.7 Å². The van der Waals surface area contributed by atoms with Gasteiger partial charge in [-0.2, -0.15) is 0 Å². The summed E-state index contributed by atoms with van der Waals surface area (Å²) in [6, 6.07) is 8.33. The number of hydrogen-bond donors (Lipinski definition) is 1. The number of rotatable bonds is 5. The number of carbonyl (C=O) groups is 1. The quantitative estimate of drug-likeness (QED) is 0.554. The van der Waals surface area contributed by atoms with Crippen LogP contribution in [0.25, 0.3) is 0 Å². The Bertz CT molecular complexity index is 1060. The SMILES string of the molecule is O=C(O)[C@@H]1C[C@@H](S(=O)(=O)c2ccc(Cl)cc2Cl)CN1c1ccccc1[N+](=O)[O-]. The van der Waals surface area contributed by atoms with Gasteiger partial charge in [-0.15, -0.1) is 0 Å². The van der Waals surface area contributed by atoms with Gasteiger partial charge in [-0.25, -0.2) is 13.2 Å². The Morgan fingerprint density at radius 1 is 1.21 bits per heavy atom. The maximum absolute atomic E-state index is 13.0. The smallest absolute Gasteiger partial charge is 0.326 e. The van der Waals surface area contributed by atoms with Gasteiger partial charge in [0.25, 0.3) is 5.69 Å². The Balaban J connectivity index is 2.03. The van der Waals surface area contributed by atoms with E-state index in [1.807, 2.05) is 0 Å². The lowest BCUT2D eigenvalue weighted by Gasteiger charge is -2.23. The van der Waals surface area contributed by atoms with Crippen LogP contribution in [0.4, 0.5) is 11.4 Å². The molecule has 2 aromatic rings. The van der Waals surface area contributed by atoms with Crippen LogP contribution in [0.5, 0.6) is 0 Å². The van der Waals surface area contributed by atoms with Crippen LogP contribution in [0.3, 0.4) is 0 Å². The zero-order valence-electron chi connectivity index (χ0n) is 14.2. The zero-order chi connectivity index (χ0) is 20.6. The van der Waals surface area contributed by atoms with Crippen LogP contribution >= 0.6 is 23.2 Å². The van der Waals surface area contributed by atoms with E-state index in [9.17, 15) is 28.4 Å². The summed E-state index contributed by atoms with van der Waals surface area (Å²) in [4.78, 5) is 23.5. The number of halogens is 2. The predicted octanol–water partition coefficient (Wildman–Crippen LogP) is 3.41. The molecule has 11 heteroatoms. The minimum absolute atomic E-state index is 0.0554. The monoisotopic (exact) mass is 444 g/mol. The van der Waals surface area contributed by atoms with Crippen molar-refractivity contribution in [3.8, 4) is 0 Å². The molecular formula is C17H14Cl2N2O6S. The Morgan fingerprint density at radius 3 is 2.50 bits per heavy atom. The minimum atomic E-state index is -3.99. The van der Waals surface area contributed by atoms with E-state index in [1.165, 1.54) is 47.4 Å². The van der Waals surface area contributed by atoms with Crippen molar-refractivity contribution >= 4 is 50.4 Å². The summed E-state index contributed by atoms with van der Waals surface area (Å²) >= 11 is 11.8. The fraction of sp³-hybridized carbons (Fsp3) is 0.235. The largest absolute Gasteiger partial charge is 0.480 e. The number of carboxylic acids is 1. The van der Waals surface area contributed by atoms with Crippen molar-refractivity contribution in [1.82, 2.24) is 0 Å². The van der Waals surface area contributed by atoms with Crippen LogP contribution < -0.4 is 4.90 Å². The maximum atomic E-state index is 13.0. The fourth-order valence-electron chi connectivity index (χ4n) is 3.27. The number of nitro groups is 1. The molecule has 2 aromatic carbocycles. The number of hydrogen-bond acceptors (Lipinski definition) is 6. The molecule has 0 spiro atoms. The molecule has 148 valence electrons. The number of para-hydroxylation sites is 2. The first kappa shape index (κ1) is 20.4. The molecule has 28 heavy (non-hydrogen) atoms. The van der Waals surface area contributed by atoms with Crippen LogP contribution in [-0.2, 0) is 14.6 Å². The van der Waals surface area contributed by atoms with E-state index in [4.69, 9.17) is 23.2 Å². The number of nitro benzene ring substituents is 1.